The number of para-hydroxylation sites is 1. The van der Waals surface area contributed by atoms with Crippen LogP contribution in [0.3, 0.4) is 0 Å². The molecule has 144 valence electrons. The summed E-state index contributed by atoms with van der Waals surface area (Å²) in [5, 5.41) is 0. The van der Waals surface area contributed by atoms with Crippen molar-refractivity contribution < 1.29 is 27.0 Å². The third-order valence-electron chi connectivity index (χ3n) is 3.74. The van der Waals surface area contributed by atoms with Gasteiger partial charge in [0.1, 0.15) is 13.2 Å². The molecule has 0 spiro atoms. The average Bonchev–Trinajstić information content (AvgIpc) is 2.70. The van der Waals surface area contributed by atoms with Crippen molar-refractivity contribution in [2.75, 3.05) is 17.9 Å². The number of anilines is 1. The van der Waals surface area contributed by atoms with E-state index in [1.807, 2.05) is 0 Å². The Balaban J connectivity index is 1.50. The smallest absolute Gasteiger partial charge is 0.322 e. The van der Waals surface area contributed by atoms with Crippen LogP contribution in [-0.2, 0) is 10.0 Å². The molecule has 0 amide bonds. The second kappa shape index (κ2) is 7.31. The second-order valence-corrected chi connectivity index (χ2v) is 7.38. The van der Waals surface area contributed by atoms with Gasteiger partial charge < -0.3 is 14.2 Å². The van der Waals surface area contributed by atoms with Gasteiger partial charge in [-0.1, -0.05) is 12.1 Å². The lowest BCUT2D eigenvalue weighted by atomic mass is 10.3. The number of hydrogen-bond acceptors (Lipinski definition) is 7. The van der Waals surface area contributed by atoms with E-state index in [2.05, 4.69) is 14.7 Å². The van der Waals surface area contributed by atoms with Crippen LogP contribution in [0.25, 0.3) is 0 Å². The van der Waals surface area contributed by atoms with Crippen molar-refractivity contribution in [1.82, 2.24) is 9.97 Å². The van der Waals surface area contributed by atoms with Crippen LogP contribution in [0.2, 0.25) is 0 Å². The number of sulfonamides is 1. The fourth-order valence-electron chi connectivity index (χ4n) is 2.45. The van der Waals surface area contributed by atoms with Crippen LogP contribution in [-0.4, -0.2) is 31.6 Å². The lowest BCUT2D eigenvalue weighted by Gasteiger charge is -2.19. The minimum atomic E-state index is -3.89. The summed E-state index contributed by atoms with van der Waals surface area (Å²) in [7, 11) is -3.89. The average molecular weight is 403 g/mol. The maximum absolute atomic E-state index is 13.6. The molecule has 0 fully saturated rings. The van der Waals surface area contributed by atoms with Crippen LogP contribution in [0, 0.1) is 5.82 Å². The molecular weight excluding hydrogens is 389 g/mol. The first-order chi connectivity index (χ1) is 13.5. The van der Waals surface area contributed by atoms with Gasteiger partial charge in [0.25, 0.3) is 10.0 Å². The molecule has 1 N–H and O–H groups in total. The van der Waals surface area contributed by atoms with Crippen molar-refractivity contribution in [3.8, 4) is 23.3 Å². The number of halogens is 1. The highest BCUT2D eigenvalue weighted by Crippen LogP contribution is 2.32. The molecule has 3 aromatic rings. The van der Waals surface area contributed by atoms with Gasteiger partial charge >= 0.3 is 6.01 Å². The predicted molar refractivity (Wildman–Crippen MR) is 96.7 cm³/mol. The fraction of sp³-hybridized carbons (Fsp3) is 0.111. The Morgan fingerprint density at radius 3 is 2.46 bits per heavy atom. The molecule has 0 bridgehead atoms. The molecule has 0 saturated heterocycles. The maximum atomic E-state index is 13.6. The molecular formula is C18H14FN3O5S. The van der Waals surface area contributed by atoms with Crippen molar-refractivity contribution in [2.45, 2.75) is 4.90 Å². The molecule has 2 heterocycles. The monoisotopic (exact) mass is 403 g/mol. The predicted octanol–water partition coefficient (Wildman–Crippen LogP) is 2.98. The summed E-state index contributed by atoms with van der Waals surface area (Å²) in [4.78, 5) is 7.79. The summed E-state index contributed by atoms with van der Waals surface area (Å²) < 4.78 is 57.1. The third kappa shape index (κ3) is 3.81. The number of fused-ring (bicyclic) bond motifs is 1. The van der Waals surface area contributed by atoms with Crippen LogP contribution in [0.5, 0.6) is 23.3 Å². The van der Waals surface area contributed by atoms with Gasteiger partial charge in [-0.05, 0) is 24.3 Å². The topological polar surface area (TPSA) is 99.6 Å². The van der Waals surface area contributed by atoms with E-state index in [1.165, 1.54) is 48.8 Å². The lowest BCUT2D eigenvalue weighted by molar-refractivity contribution is 0.171. The molecule has 0 atom stereocenters. The second-order valence-electron chi connectivity index (χ2n) is 5.70. The molecule has 0 unspecified atom stereocenters. The first-order valence-electron chi connectivity index (χ1n) is 8.18. The van der Waals surface area contributed by atoms with Gasteiger partial charge in [0.2, 0.25) is 0 Å². The fourth-order valence-corrected chi connectivity index (χ4v) is 3.50. The Hall–Kier alpha value is -3.40. The molecule has 4 rings (SSSR count). The summed E-state index contributed by atoms with van der Waals surface area (Å²) in [5.74, 6) is 0.254. The number of benzene rings is 2. The van der Waals surface area contributed by atoms with Gasteiger partial charge in [0, 0.05) is 6.07 Å². The Kier molecular flexibility index (Phi) is 4.70. The van der Waals surface area contributed by atoms with E-state index >= 15 is 0 Å². The maximum Gasteiger partial charge on any atom is 0.322 e. The van der Waals surface area contributed by atoms with E-state index in [0.717, 1.165) is 0 Å². The number of ether oxygens (including phenoxy) is 3. The van der Waals surface area contributed by atoms with Crippen LogP contribution in [0.1, 0.15) is 0 Å². The summed E-state index contributed by atoms with van der Waals surface area (Å²) in [5.41, 5.74) is 0.121. The Morgan fingerprint density at radius 1 is 1.00 bits per heavy atom. The minimum Gasteiger partial charge on any atom is -0.486 e. The number of nitrogens with zero attached hydrogens (tertiary/aromatic N) is 2. The Bertz CT molecular complexity index is 1110. The van der Waals surface area contributed by atoms with Crippen molar-refractivity contribution in [3.63, 3.8) is 0 Å². The normalized spacial score (nSPS) is 13.0. The summed E-state index contributed by atoms with van der Waals surface area (Å²) >= 11 is 0. The summed E-state index contributed by atoms with van der Waals surface area (Å²) in [6, 6.07) is 10.0. The number of rotatable bonds is 5. The van der Waals surface area contributed by atoms with Crippen molar-refractivity contribution in [2.24, 2.45) is 0 Å². The lowest BCUT2D eigenvalue weighted by Crippen LogP contribution is -2.17. The number of hydrogen-bond donors (Lipinski definition) is 1. The Labute approximate surface area is 160 Å². The molecule has 0 aliphatic carbocycles. The van der Waals surface area contributed by atoms with Gasteiger partial charge in [-0.3, -0.25) is 4.72 Å². The molecule has 1 aliphatic rings. The van der Waals surface area contributed by atoms with E-state index in [1.54, 1.807) is 6.07 Å². The van der Waals surface area contributed by atoms with E-state index in [9.17, 15) is 12.8 Å². The van der Waals surface area contributed by atoms with Crippen LogP contribution in [0.4, 0.5) is 10.1 Å². The zero-order valence-corrected chi connectivity index (χ0v) is 15.1. The largest absolute Gasteiger partial charge is 0.486 e. The van der Waals surface area contributed by atoms with E-state index in [4.69, 9.17) is 14.2 Å². The zero-order chi connectivity index (χ0) is 19.6. The SMILES string of the molecule is O=S(=O)(Nc1cnc(Oc2ccccc2F)nc1)c1ccc2c(c1)OCCO2. The molecule has 2 aromatic carbocycles. The molecule has 8 nitrogen and oxygen atoms in total. The van der Waals surface area contributed by atoms with Gasteiger partial charge in [-0.15, -0.1) is 0 Å². The third-order valence-corrected chi connectivity index (χ3v) is 5.12. The number of nitrogens with one attached hydrogen (secondary N) is 1. The van der Waals surface area contributed by atoms with Gasteiger partial charge in [0.05, 0.1) is 23.0 Å². The van der Waals surface area contributed by atoms with Gasteiger partial charge in [-0.2, -0.15) is 0 Å². The quantitative estimate of drug-likeness (QED) is 0.699. The molecule has 0 saturated carbocycles. The van der Waals surface area contributed by atoms with Crippen LogP contribution < -0.4 is 18.9 Å². The number of aromatic nitrogens is 2. The minimum absolute atomic E-state index is 0.00318. The van der Waals surface area contributed by atoms with Gasteiger partial charge in [-0.25, -0.2) is 22.8 Å². The summed E-state index contributed by atoms with van der Waals surface area (Å²) in [6.07, 6.45) is 2.44. The molecule has 1 aromatic heterocycles. The van der Waals surface area contributed by atoms with Crippen LogP contribution >= 0.6 is 0 Å². The van der Waals surface area contributed by atoms with E-state index < -0.39 is 15.8 Å². The zero-order valence-electron chi connectivity index (χ0n) is 14.3. The van der Waals surface area contributed by atoms with Crippen LogP contribution in [0.15, 0.2) is 59.8 Å². The summed E-state index contributed by atoms with van der Waals surface area (Å²) in [6.45, 7) is 0.761. The first-order valence-corrected chi connectivity index (χ1v) is 9.66. The highest BCUT2D eigenvalue weighted by Gasteiger charge is 2.20. The molecule has 1 aliphatic heterocycles. The highest BCUT2D eigenvalue weighted by molar-refractivity contribution is 7.92. The van der Waals surface area contributed by atoms with Crippen molar-refractivity contribution in [1.29, 1.82) is 0 Å². The molecule has 0 radical (unpaired) electrons. The molecule has 10 heteroatoms. The van der Waals surface area contributed by atoms with E-state index in [-0.39, 0.29) is 22.3 Å². The highest BCUT2D eigenvalue weighted by atomic mass is 32.2. The Morgan fingerprint density at radius 2 is 1.71 bits per heavy atom. The van der Waals surface area contributed by atoms with Gasteiger partial charge in [0.15, 0.2) is 23.1 Å². The first kappa shape index (κ1) is 18.0. The van der Waals surface area contributed by atoms with Crippen molar-refractivity contribution in [3.05, 3.63) is 60.7 Å². The molecule has 28 heavy (non-hydrogen) atoms. The van der Waals surface area contributed by atoms with Crippen molar-refractivity contribution >= 4 is 15.7 Å². The standard InChI is InChI=1S/C18H14FN3O5S/c19-14-3-1-2-4-15(14)27-18-20-10-12(11-21-18)22-28(23,24)13-5-6-16-17(9-13)26-8-7-25-16/h1-6,9-11,22H,7-8H2. The van der Waals surface area contributed by atoms with E-state index in [0.29, 0.717) is 24.7 Å².